The lowest BCUT2D eigenvalue weighted by Gasteiger charge is -2.12. The van der Waals surface area contributed by atoms with E-state index in [2.05, 4.69) is 28.5 Å². The van der Waals surface area contributed by atoms with Crippen molar-refractivity contribution in [3.05, 3.63) is 23.8 Å². The van der Waals surface area contributed by atoms with Crippen LogP contribution >= 0.6 is 0 Å². The fraction of sp³-hybridized carbons (Fsp3) is 0.471. The van der Waals surface area contributed by atoms with Crippen LogP contribution in [0.4, 0.5) is 0 Å². The zero-order valence-corrected chi connectivity index (χ0v) is 13.6. The fourth-order valence-electron chi connectivity index (χ4n) is 1.79. The normalized spacial score (nSPS) is 10.7. The lowest BCUT2D eigenvalue weighted by molar-refractivity contribution is 0.294. The Morgan fingerprint density at radius 3 is 2.73 bits per heavy atom. The van der Waals surface area contributed by atoms with E-state index in [-0.39, 0.29) is 0 Å². The first-order chi connectivity index (χ1) is 10.7. The Kier molecular flexibility index (Phi) is 8.36. The molecule has 5 heteroatoms. The summed E-state index contributed by atoms with van der Waals surface area (Å²) in [5, 5.41) is 6.20. The minimum atomic E-state index is 0.443. The van der Waals surface area contributed by atoms with Gasteiger partial charge < -0.3 is 20.1 Å². The molecule has 1 aromatic rings. The third kappa shape index (κ3) is 5.96. The van der Waals surface area contributed by atoms with Gasteiger partial charge in [-0.3, -0.25) is 0 Å². The van der Waals surface area contributed by atoms with Crippen molar-refractivity contribution in [2.45, 2.75) is 26.8 Å². The number of nitrogens with one attached hydrogen (secondary N) is 2. The molecule has 0 spiro atoms. The van der Waals surface area contributed by atoms with Gasteiger partial charge in [0.15, 0.2) is 17.5 Å². The van der Waals surface area contributed by atoms with Gasteiger partial charge in [-0.25, -0.2) is 4.99 Å². The molecule has 1 aromatic carbocycles. The number of benzene rings is 1. The fourth-order valence-corrected chi connectivity index (χ4v) is 1.79. The van der Waals surface area contributed by atoms with Crippen LogP contribution in [-0.4, -0.2) is 32.8 Å². The molecule has 120 valence electrons. The van der Waals surface area contributed by atoms with Crippen LogP contribution in [0.1, 0.15) is 25.8 Å². The number of rotatable bonds is 8. The van der Waals surface area contributed by atoms with E-state index in [1.54, 1.807) is 7.11 Å². The highest BCUT2D eigenvalue weighted by Crippen LogP contribution is 2.28. The predicted octanol–water partition coefficient (Wildman–Crippen LogP) is 2.17. The number of nitrogens with zero attached hydrogens (tertiary/aromatic N) is 1. The van der Waals surface area contributed by atoms with Crippen LogP contribution in [0.25, 0.3) is 0 Å². The summed E-state index contributed by atoms with van der Waals surface area (Å²) < 4.78 is 11.0. The summed E-state index contributed by atoms with van der Waals surface area (Å²) in [4.78, 5) is 4.49. The molecular weight excluding hydrogens is 278 g/mol. The smallest absolute Gasteiger partial charge is 0.192 e. The maximum absolute atomic E-state index is 5.64. The molecule has 0 saturated carbocycles. The highest BCUT2D eigenvalue weighted by molar-refractivity contribution is 5.80. The van der Waals surface area contributed by atoms with Crippen molar-refractivity contribution >= 4 is 5.96 Å². The number of terminal acetylenes is 1. The predicted molar refractivity (Wildman–Crippen MR) is 90.4 cm³/mol. The Balaban J connectivity index is 2.77. The van der Waals surface area contributed by atoms with E-state index in [0.717, 1.165) is 30.0 Å². The molecule has 0 aliphatic heterocycles. The van der Waals surface area contributed by atoms with Crippen LogP contribution in [-0.2, 0) is 6.54 Å². The first kappa shape index (κ1) is 17.7. The Hall–Kier alpha value is -2.35. The summed E-state index contributed by atoms with van der Waals surface area (Å²) >= 11 is 0. The van der Waals surface area contributed by atoms with Gasteiger partial charge in [0.05, 0.1) is 26.8 Å². The molecular formula is C17H25N3O2. The quantitative estimate of drug-likeness (QED) is 0.439. The van der Waals surface area contributed by atoms with Gasteiger partial charge in [0.25, 0.3) is 0 Å². The first-order valence-corrected chi connectivity index (χ1v) is 7.50. The topological polar surface area (TPSA) is 54.9 Å². The van der Waals surface area contributed by atoms with Crippen molar-refractivity contribution in [2.24, 2.45) is 4.99 Å². The van der Waals surface area contributed by atoms with Crippen LogP contribution in [0.3, 0.4) is 0 Å². The Labute approximate surface area is 133 Å². The van der Waals surface area contributed by atoms with Crippen LogP contribution in [0, 0.1) is 12.3 Å². The van der Waals surface area contributed by atoms with Gasteiger partial charge in [-0.1, -0.05) is 18.9 Å². The van der Waals surface area contributed by atoms with Gasteiger partial charge in [-0.05, 0) is 31.0 Å². The number of ether oxygens (including phenoxy) is 2. The Bertz CT molecular complexity index is 521. The zero-order chi connectivity index (χ0) is 16.2. The molecule has 0 bridgehead atoms. The molecule has 0 fully saturated rings. The van der Waals surface area contributed by atoms with E-state index in [1.165, 1.54) is 0 Å². The van der Waals surface area contributed by atoms with Crippen molar-refractivity contribution in [2.75, 3.05) is 26.8 Å². The minimum Gasteiger partial charge on any atom is -0.493 e. The second-order valence-electron chi connectivity index (χ2n) is 4.59. The van der Waals surface area contributed by atoms with E-state index in [0.29, 0.717) is 25.7 Å². The van der Waals surface area contributed by atoms with E-state index in [4.69, 9.17) is 15.9 Å². The molecule has 0 saturated heterocycles. The molecule has 0 aliphatic carbocycles. The molecule has 0 atom stereocenters. The molecule has 0 radical (unpaired) electrons. The number of aliphatic imine (C=N–C) groups is 1. The van der Waals surface area contributed by atoms with Crippen molar-refractivity contribution in [3.8, 4) is 23.8 Å². The molecule has 0 aromatic heterocycles. The van der Waals surface area contributed by atoms with Crippen molar-refractivity contribution in [1.29, 1.82) is 0 Å². The largest absolute Gasteiger partial charge is 0.493 e. The van der Waals surface area contributed by atoms with E-state index >= 15 is 0 Å². The standard InChI is InChI=1S/C17H25N3O2/c1-5-10-19-17(18-7-3)20-13-14-8-9-15(22-11-6-2)16(12-14)21-4/h1,8-9,12H,6-7,10-11,13H2,2-4H3,(H2,18,19,20). The molecule has 0 heterocycles. The monoisotopic (exact) mass is 303 g/mol. The van der Waals surface area contributed by atoms with Gasteiger partial charge in [0.2, 0.25) is 0 Å². The zero-order valence-electron chi connectivity index (χ0n) is 13.6. The molecule has 22 heavy (non-hydrogen) atoms. The number of hydrogen-bond donors (Lipinski definition) is 2. The number of methoxy groups -OCH3 is 1. The average Bonchev–Trinajstić information content (AvgIpc) is 2.55. The summed E-state index contributed by atoms with van der Waals surface area (Å²) in [6.07, 6.45) is 6.21. The van der Waals surface area contributed by atoms with Crippen LogP contribution < -0.4 is 20.1 Å². The second kappa shape index (κ2) is 10.4. The maximum atomic E-state index is 5.64. The van der Waals surface area contributed by atoms with Gasteiger partial charge >= 0.3 is 0 Å². The van der Waals surface area contributed by atoms with Crippen LogP contribution in [0.15, 0.2) is 23.2 Å². The van der Waals surface area contributed by atoms with E-state index in [1.807, 2.05) is 25.1 Å². The molecule has 5 nitrogen and oxygen atoms in total. The van der Waals surface area contributed by atoms with Gasteiger partial charge in [0.1, 0.15) is 0 Å². The summed E-state index contributed by atoms with van der Waals surface area (Å²) in [5.41, 5.74) is 1.04. The van der Waals surface area contributed by atoms with Crippen molar-refractivity contribution < 1.29 is 9.47 Å². The van der Waals surface area contributed by atoms with E-state index in [9.17, 15) is 0 Å². The summed E-state index contributed by atoms with van der Waals surface area (Å²) in [6.45, 7) is 6.51. The highest BCUT2D eigenvalue weighted by Gasteiger charge is 2.05. The van der Waals surface area contributed by atoms with Gasteiger partial charge in [0, 0.05) is 6.54 Å². The summed E-state index contributed by atoms with van der Waals surface area (Å²) in [6, 6.07) is 5.85. The summed E-state index contributed by atoms with van der Waals surface area (Å²) in [7, 11) is 1.64. The number of hydrogen-bond acceptors (Lipinski definition) is 3. The SMILES string of the molecule is C#CCNC(=NCc1ccc(OCCC)c(OC)c1)NCC. The number of guanidine groups is 1. The molecule has 0 unspecified atom stereocenters. The first-order valence-electron chi connectivity index (χ1n) is 7.50. The van der Waals surface area contributed by atoms with Crippen molar-refractivity contribution in [3.63, 3.8) is 0 Å². The van der Waals surface area contributed by atoms with Gasteiger partial charge in [-0.2, -0.15) is 0 Å². The third-order valence-corrected chi connectivity index (χ3v) is 2.81. The highest BCUT2D eigenvalue weighted by atomic mass is 16.5. The Morgan fingerprint density at radius 1 is 1.27 bits per heavy atom. The van der Waals surface area contributed by atoms with Crippen molar-refractivity contribution in [1.82, 2.24) is 10.6 Å². The van der Waals surface area contributed by atoms with Crippen LogP contribution in [0.5, 0.6) is 11.5 Å². The molecule has 0 aliphatic rings. The second-order valence-corrected chi connectivity index (χ2v) is 4.59. The lowest BCUT2D eigenvalue weighted by atomic mass is 10.2. The summed E-state index contributed by atoms with van der Waals surface area (Å²) in [5.74, 6) is 4.71. The Morgan fingerprint density at radius 2 is 2.09 bits per heavy atom. The molecule has 1 rings (SSSR count). The molecule has 2 N–H and O–H groups in total. The average molecular weight is 303 g/mol. The molecule has 0 amide bonds. The van der Waals surface area contributed by atoms with E-state index < -0.39 is 0 Å². The lowest BCUT2D eigenvalue weighted by Crippen LogP contribution is -2.37. The van der Waals surface area contributed by atoms with Crippen LogP contribution in [0.2, 0.25) is 0 Å². The third-order valence-electron chi connectivity index (χ3n) is 2.81. The maximum Gasteiger partial charge on any atom is 0.192 e. The minimum absolute atomic E-state index is 0.443. The van der Waals surface area contributed by atoms with Gasteiger partial charge in [-0.15, -0.1) is 6.42 Å².